The molecule has 1 atom stereocenters. The highest BCUT2D eigenvalue weighted by molar-refractivity contribution is 9.10. The SMILES string of the molecule is CC1CCCN(C(=O)c2ccc(C(F)(F)F)c(Br)c2)C1. The minimum Gasteiger partial charge on any atom is -0.338 e. The van der Waals surface area contributed by atoms with Crippen molar-refractivity contribution in [3.8, 4) is 0 Å². The average Bonchev–Trinajstić information content (AvgIpc) is 2.36. The van der Waals surface area contributed by atoms with Crippen LogP contribution in [0.4, 0.5) is 13.2 Å². The molecule has 2 nitrogen and oxygen atoms in total. The third kappa shape index (κ3) is 3.34. The Morgan fingerprint density at radius 3 is 2.65 bits per heavy atom. The molecule has 0 N–H and O–H groups in total. The lowest BCUT2D eigenvalue weighted by Gasteiger charge is -2.31. The van der Waals surface area contributed by atoms with Crippen LogP contribution >= 0.6 is 15.9 Å². The quantitative estimate of drug-likeness (QED) is 0.738. The first-order valence-electron chi connectivity index (χ1n) is 6.45. The van der Waals surface area contributed by atoms with Crippen molar-refractivity contribution in [2.75, 3.05) is 13.1 Å². The maximum Gasteiger partial charge on any atom is 0.417 e. The Labute approximate surface area is 124 Å². The van der Waals surface area contributed by atoms with Crippen molar-refractivity contribution in [2.45, 2.75) is 25.9 Å². The summed E-state index contributed by atoms with van der Waals surface area (Å²) in [6.07, 6.45) is -2.39. The maximum atomic E-state index is 12.7. The Morgan fingerprint density at radius 1 is 1.40 bits per heavy atom. The van der Waals surface area contributed by atoms with Crippen LogP contribution in [-0.4, -0.2) is 23.9 Å². The van der Waals surface area contributed by atoms with E-state index in [9.17, 15) is 18.0 Å². The van der Waals surface area contributed by atoms with E-state index < -0.39 is 11.7 Å². The molecule has 1 aliphatic rings. The molecular formula is C14H15BrF3NO. The molecule has 0 aliphatic carbocycles. The summed E-state index contributed by atoms with van der Waals surface area (Å²) in [6.45, 7) is 3.40. The first kappa shape index (κ1) is 15.4. The van der Waals surface area contributed by atoms with E-state index in [0.29, 0.717) is 24.6 Å². The highest BCUT2D eigenvalue weighted by Crippen LogP contribution is 2.35. The second kappa shape index (κ2) is 5.76. The first-order valence-corrected chi connectivity index (χ1v) is 7.24. The largest absolute Gasteiger partial charge is 0.417 e. The summed E-state index contributed by atoms with van der Waals surface area (Å²) in [5, 5.41) is 0. The molecule has 1 aromatic rings. The van der Waals surface area contributed by atoms with Gasteiger partial charge in [-0.05, 0) is 37.0 Å². The molecule has 2 rings (SSSR count). The molecule has 20 heavy (non-hydrogen) atoms. The predicted molar refractivity (Wildman–Crippen MR) is 73.4 cm³/mol. The number of benzene rings is 1. The normalized spacial score (nSPS) is 20.1. The van der Waals surface area contributed by atoms with Gasteiger partial charge in [0.1, 0.15) is 0 Å². The first-order chi connectivity index (χ1) is 9.29. The van der Waals surface area contributed by atoms with Crippen LogP contribution in [0.2, 0.25) is 0 Å². The maximum absolute atomic E-state index is 12.7. The van der Waals surface area contributed by atoms with Crippen molar-refractivity contribution in [3.63, 3.8) is 0 Å². The lowest BCUT2D eigenvalue weighted by Crippen LogP contribution is -2.39. The molecule has 0 radical (unpaired) electrons. The summed E-state index contributed by atoms with van der Waals surface area (Å²) >= 11 is 2.90. The Bertz CT molecular complexity index is 516. The second-order valence-corrected chi connectivity index (χ2v) is 6.05. The summed E-state index contributed by atoms with van der Waals surface area (Å²) in [7, 11) is 0. The van der Waals surface area contributed by atoms with Crippen LogP contribution in [0.15, 0.2) is 22.7 Å². The molecule has 0 saturated carbocycles. The number of hydrogen-bond acceptors (Lipinski definition) is 1. The fraction of sp³-hybridized carbons (Fsp3) is 0.500. The number of amides is 1. The van der Waals surface area contributed by atoms with Crippen molar-refractivity contribution >= 4 is 21.8 Å². The number of piperidine rings is 1. The molecular weight excluding hydrogens is 335 g/mol. The van der Waals surface area contributed by atoms with Crippen LogP contribution in [0.1, 0.15) is 35.7 Å². The Morgan fingerprint density at radius 2 is 2.10 bits per heavy atom. The van der Waals surface area contributed by atoms with Gasteiger partial charge < -0.3 is 4.90 Å². The molecule has 1 amide bonds. The van der Waals surface area contributed by atoms with Gasteiger partial charge in [-0.15, -0.1) is 0 Å². The van der Waals surface area contributed by atoms with Gasteiger partial charge in [0.2, 0.25) is 0 Å². The monoisotopic (exact) mass is 349 g/mol. The minimum absolute atomic E-state index is 0.0964. The average molecular weight is 350 g/mol. The summed E-state index contributed by atoms with van der Waals surface area (Å²) in [6, 6.07) is 3.45. The van der Waals surface area contributed by atoms with Crippen molar-refractivity contribution in [2.24, 2.45) is 5.92 Å². The van der Waals surface area contributed by atoms with Gasteiger partial charge >= 0.3 is 6.18 Å². The van der Waals surface area contributed by atoms with Gasteiger partial charge in [0, 0.05) is 23.1 Å². The van der Waals surface area contributed by atoms with E-state index in [4.69, 9.17) is 0 Å². The van der Waals surface area contributed by atoms with Crippen molar-refractivity contribution in [1.29, 1.82) is 0 Å². The molecule has 1 aliphatic heterocycles. The van der Waals surface area contributed by atoms with Gasteiger partial charge in [-0.3, -0.25) is 4.79 Å². The number of halogens is 4. The number of alkyl halides is 3. The van der Waals surface area contributed by atoms with Gasteiger partial charge in [0.25, 0.3) is 5.91 Å². The highest BCUT2D eigenvalue weighted by atomic mass is 79.9. The second-order valence-electron chi connectivity index (χ2n) is 5.19. The zero-order chi connectivity index (χ0) is 14.9. The smallest absolute Gasteiger partial charge is 0.338 e. The van der Waals surface area contributed by atoms with Crippen LogP contribution in [0.5, 0.6) is 0 Å². The topological polar surface area (TPSA) is 20.3 Å². The highest BCUT2D eigenvalue weighted by Gasteiger charge is 2.33. The van der Waals surface area contributed by atoms with E-state index in [1.165, 1.54) is 12.1 Å². The lowest BCUT2D eigenvalue weighted by atomic mass is 9.99. The van der Waals surface area contributed by atoms with E-state index in [1.807, 2.05) is 0 Å². The zero-order valence-corrected chi connectivity index (χ0v) is 12.6. The van der Waals surface area contributed by atoms with Crippen molar-refractivity contribution < 1.29 is 18.0 Å². The lowest BCUT2D eigenvalue weighted by molar-refractivity contribution is -0.138. The van der Waals surface area contributed by atoms with Crippen LogP contribution in [0, 0.1) is 5.92 Å². The Hall–Kier alpha value is -1.04. The van der Waals surface area contributed by atoms with Crippen molar-refractivity contribution in [3.05, 3.63) is 33.8 Å². The van der Waals surface area contributed by atoms with Crippen LogP contribution in [-0.2, 0) is 6.18 Å². The number of hydrogen-bond donors (Lipinski definition) is 0. The van der Waals surface area contributed by atoms with Crippen LogP contribution in [0.25, 0.3) is 0 Å². The molecule has 110 valence electrons. The molecule has 1 saturated heterocycles. The molecule has 0 spiro atoms. The van der Waals surface area contributed by atoms with Crippen LogP contribution in [0.3, 0.4) is 0 Å². The standard InChI is InChI=1S/C14H15BrF3NO/c1-9-3-2-6-19(8-9)13(20)10-4-5-11(12(15)7-10)14(16,17)18/h4-5,7,9H,2-3,6,8H2,1H3. The number of carbonyl (C=O) groups is 1. The molecule has 6 heteroatoms. The van der Waals surface area contributed by atoms with E-state index in [2.05, 4.69) is 22.9 Å². The third-order valence-electron chi connectivity index (χ3n) is 3.47. The Kier molecular flexibility index (Phi) is 4.42. The van der Waals surface area contributed by atoms with Gasteiger partial charge in [0.15, 0.2) is 0 Å². The number of nitrogens with zero attached hydrogens (tertiary/aromatic N) is 1. The molecule has 1 fully saturated rings. The van der Waals surface area contributed by atoms with Gasteiger partial charge in [-0.2, -0.15) is 13.2 Å². The van der Waals surface area contributed by atoms with E-state index in [-0.39, 0.29) is 10.4 Å². The number of carbonyl (C=O) groups excluding carboxylic acids is 1. The Balaban J connectivity index is 2.21. The molecule has 0 bridgehead atoms. The minimum atomic E-state index is -4.42. The zero-order valence-electron chi connectivity index (χ0n) is 11.0. The fourth-order valence-electron chi connectivity index (χ4n) is 2.43. The molecule has 0 aromatic heterocycles. The van der Waals surface area contributed by atoms with Gasteiger partial charge in [-0.25, -0.2) is 0 Å². The van der Waals surface area contributed by atoms with Crippen molar-refractivity contribution in [1.82, 2.24) is 4.90 Å². The summed E-state index contributed by atoms with van der Waals surface area (Å²) in [4.78, 5) is 14.0. The van der Waals surface area contributed by atoms with Gasteiger partial charge in [0.05, 0.1) is 5.56 Å². The number of rotatable bonds is 1. The molecule has 1 heterocycles. The van der Waals surface area contributed by atoms with E-state index >= 15 is 0 Å². The van der Waals surface area contributed by atoms with Crippen LogP contribution < -0.4 is 0 Å². The summed E-state index contributed by atoms with van der Waals surface area (Å²) in [5.74, 6) is 0.233. The van der Waals surface area contributed by atoms with Gasteiger partial charge in [-0.1, -0.05) is 22.9 Å². The summed E-state index contributed by atoms with van der Waals surface area (Å²) < 4.78 is 37.9. The summed E-state index contributed by atoms with van der Waals surface area (Å²) in [5.41, 5.74) is -0.472. The van der Waals surface area contributed by atoms with E-state index in [0.717, 1.165) is 18.9 Å². The predicted octanol–water partition coefficient (Wildman–Crippen LogP) is 4.34. The van der Waals surface area contributed by atoms with E-state index in [1.54, 1.807) is 4.90 Å². The molecule has 1 unspecified atom stereocenters. The third-order valence-corrected chi connectivity index (χ3v) is 4.12. The molecule has 1 aromatic carbocycles. The fourth-order valence-corrected chi connectivity index (χ4v) is 3.04. The number of likely N-dealkylation sites (tertiary alicyclic amines) is 1.